The maximum Gasteiger partial charge on any atom is 0.174 e. The summed E-state index contributed by atoms with van der Waals surface area (Å²) in [6, 6.07) is 0. The molecule has 2 heterocycles. The summed E-state index contributed by atoms with van der Waals surface area (Å²) in [6.45, 7) is 2.76. The molecule has 1 saturated heterocycles. The van der Waals surface area contributed by atoms with E-state index in [2.05, 4.69) is 37.8 Å². The van der Waals surface area contributed by atoms with Gasteiger partial charge < -0.3 is 14.6 Å². The van der Waals surface area contributed by atoms with Crippen LogP contribution in [0.1, 0.15) is 26.2 Å². The van der Waals surface area contributed by atoms with Gasteiger partial charge in [0.15, 0.2) is 5.79 Å². The van der Waals surface area contributed by atoms with Gasteiger partial charge in [0.1, 0.15) is 0 Å². The van der Waals surface area contributed by atoms with Crippen molar-refractivity contribution >= 4 is 12.6 Å². The van der Waals surface area contributed by atoms with Crippen LogP contribution in [0.5, 0.6) is 0 Å². The molecule has 20 heavy (non-hydrogen) atoms. The summed E-state index contributed by atoms with van der Waals surface area (Å²) in [6.07, 6.45) is 8.67. The molecule has 3 rings (SSSR count). The van der Waals surface area contributed by atoms with Gasteiger partial charge in [0.2, 0.25) is 0 Å². The van der Waals surface area contributed by atoms with E-state index in [1.807, 2.05) is 0 Å². The molecule has 5 heteroatoms. The molecule has 0 radical (unpaired) electrons. The van der Waals surface area contributed by atoms with E-state index in [0.29, 0.717) is 6.61 Å². The minimum atomic E-state index is -0.582. The van der Waals surface area contributed by atoms with Gasteiger partial charge in [0.05, 0.1) is 19.3 Å². The molecule has 0 bridgehead atoms. The van der Waals surface area contributed by atoms with Gasteiger partial charge in [-0.3, -0.25) is 0 Å². The maximum absolute atomic E-state index is 9.30. The largest absolute Gasteiger partial charge is 0.394 e. The fraction of sp³-hybridized carbons (Fsp3) is 0.600. The van der Waals surface area contributed by atoms with Gasteiger partial charge in [-0.1, -0.05) is 23.8 Å². The maximum atomic E-state index is 9.30. The SMILES string of the molecule is CC1=CC=CC2=C(COC3(C2)CC(S)C(CO)O3)C1.[Cr]. The molecular formula is C15H20CrO3S. The fourth-order valence-electron chi connectivity index (χ4n) is 3.06. The molecule has 0 amide bonds. The standard InChI is InChI=1S/C15H20O3S.Cr/c1-10-3-2-4-11-6-15(17-9-12(11)5-10)7-14(19)13(8-16)18-15;/h2-4,13-14,16,19H,5-9H2,1H3;. The third kappa shape index (κ3) is 3.09. The number of aliphatic hydroxyl groups excluding tert-OH is 1. The third-order valence-electron chi connectivity index (χ3n) is 4.09. The van der Waals surface area contributed by atoms with Crippen LogP contribution in [0.3, 0.4) is 0 Å². The average Bonchev–Trinajstić information content (AvgIpc) is 2.56. The first-order chi connectivity index (χ1) is 9.12. The molecule has 1 N–H and O–H groups in total. The van der Waals surface area contributed by atoms with Crippen LogP contribution in [0, 0.1) is 0 Å². The van der Waals surface area contributed by atoms with E-state index >= 15 is 0 Å². The van der Waals surface area contributed by atoms with E-state index < -0.39 is 5.79 Å². The molecule has 1 aliphatic carbocycles. The van der Waals surface area contributed by atoms with Crippen molar-refractivity contribution in [3.63, 3.8) is 0 Å². The molecular weight excluding hydrogens is 312 g/mol. The van der Waals surface area contributed by atoms with Crippen LogP contribution in [0.2, 0.25) is 0 Å². The Hall–Kier alpha value is -0.0175. The molecule has 3 atom stereocenters. The number of ether oxygens (including phenoxy) is 2. The van der Waals surface area contributed by atoms with Gasteiger partial charge >= 0.3 is 0 Å². The van der Waals surface area contributed by atoms with E-state index in [9.17, 15) is 5.11 Å². The Morgan fingerprint density at radius 1 is 1.50 bits per heavy atom. The molecule has 0 aromatic heterocycles. The Balaban J connectivity index is 0.00000147. The van der Waals surface area contributed by atoms with E-state index in [4.69, 9.17) is 9.47 Å². The van der Waals surface area contributed by atoms with Crippen LogP contribution in [0.25, 0.3) is 0 Å². The van der Waals surface area contributed by atoms with Crippen molar-refractivity contribution in [2.75, 3.05) is 13.2 Å². The molecule has 110 valence electrons. The fourth-order valence-corrected chi connectivity index (χ4v) is 3.49. The topological polar surface area (TPSA) is 38.7 Å². The number of allylic oxidation sites excluding steroid dienone is 4. The van der Waals surface area contributed by atoms with E-state index in [1.165, 1.54) is 16.7 Å². The zero-order chi connectivity index (χ0) is 13.5. The molecule has 1 fully saturated rings. The van der Waals surface area contributed by atoms with Gasteiger partial charge in [-0.25, -0.2) is 0 Å². The summed E-state index contributed by atoms with van der Waals surface area (Å²) in [5, 5.41) is 9.34. The predicted molar refractivity (Wildman–Crippen MR) is 77.2 cm³/mol. The van der Waals surface area contributed by atoms with Crippen molar-refractivity contribution in [1.29, 1.82) is 0 Å². The predicted octanol–water partition coefficient (Wildman–Crippen LogP) is 2.38. The number of thiol groups is 1. The summed E-state index contributed by atoms with van der Waals surface area (Å²) in [5.41, 5.74) is 4.02. The minimum absolute atomic E-state index is 0. The van der Waals surface area contributed by atoms with Crippen LogP contribution in [0.4, 0.5) is 0 Å². The van der Waals surface area contributed by atoms with Gasteiger partial charge in [-0.05, 0) is 24.5 Å². The Morgan fingerprint density at radius 2 is 2.30 bits per heavy atom. The first-order valence-electron chi connectivity index (χ1n) is 6.77. The molecule has 3 nitrogen and oxygen atoms in total. The van der Waals surface area contributed by atoms with Crippen LogP contribution in [0.15, 0.2) is 34.9 Å². The second kappa shape index (κ2) is 6.39. The van der Waals surface area contributed by atoms with Gasteiger partial charge in [-0.15, -0.1) is 0 Å². The van der Waals surface area contributed by atoms with E-state index in [-0.39, 0.29) is 35.3 Å². The van der Waals surface area contributed by atoms with Crippen LogP contribution < -0.4 is 0 Å². The average molecular weight is 332 g/mol. The van der Waals surface area contributed by atoms with Crippen molar-refractivity contribution in [1.82, 2.24) is 0 Å². The van der Waals surface area contributed by atoms with Gasteiger partial charge in [0.25, 0.3) is 0 Å². The third-order valence-corrected chi connectivity index (χ3v) is 4.60. The van der Waals surface area contributed by atoms with Crippen LogP contribution >= 0.6 is 12.6 Å². The molecule has 0 saturated carbocycles. The molecule has 3 unspecified atom stereocenters. The first kappa shape index (κ1) is 16.4. The Kier molecular flexibility index (Phi) is 5.23. The minimum Gasteiger partial charge on any atom is -0.394 e. The summed E-state index contributed by atoms with van der Waals surface area (Å²) in [7, 11) is 0. The zero-order valence-electron chi connectivity index (χ0n) is 11.5. The molecule has 2 aliphatic heterocycles. The first-order valence-corrected chi connectivity index (χ1v) is 7.29. The summed E-state index contributed by atoms with van der Waals surface area (Å²) in [4.78, 5) is 0. The van der Waals surface area contributed by atoms with Crippen LogP contribution in [-0.2, 0) is 26.8 Å². The molecule has 0 aromatic rings. The smallest absolute Gasteiger partial charge is 0.174 e. The van der Waals surface area contributed by atoms with Crippen molar-refractivity contribution < 1.29 is 31.9 Å². The zero-order valence-corrected chi connectivity index (χ0v) is 13.7. The normalized spacial score (nSPS) is 36.5. The molecule has 0 aromatic carbocycles. The van der Waals surface area contributed by atoms with Crippen LogP contribution in [-0.4, -0.2) is 35.5 Å². The van der Waals surface area contributed by atoms with Crippen molar-refractivity contribution in [2.24, 2.45) is 0 Å². The van der Waals surface area contributed by atoms with Crippen molar-refractivity contribution in [2.45, 2.75) is 43.3 Å². The second-order valence-corrected chi connectivity index (χ2v) is 6.33. The molecule has 1 spiro atoms. The van der Waals surface area contributed by atoms with E-state index in [0.717, 1.165) is 19.3 Å². The van der Waals surface area contributed by atoms with E-state index in [1.54, 1.807) is 0 Å². The number of hydrogen-bond donors (Lipinski definition) is 2. The Labute approximate surface area is 136 Å². The van der Waals surface area contributed by atoms with Crippen molar-refractivity contribution in [3.05, 3.63) is 34.9 Å². The summed E-state index contributed by atoms with van der Waals surface area (Å²) in [5.74, 6) is -0.582. The van der Waals surface area contributed by atoms with Crippen molar-refractivity contribution in [3.8, 4) is 0 Å². The summed E-state index contributed by atoms with van der Waals surface area (Å²) >= 11 is 4.50. The van der Waals surface area contributed by atoms with Gasteiger partial charge in [0, 0.05) is 35.5 Å². The number of aliphatic hydroxyl groups is 1. The monoisotopic (exact) mass is 332 g/mol. The Morgan fingerprint density at radius 3 is 3.00 bits per heavy atom. The number of hydrogen-bond acceptors (Lipinski definition) is 4. The Bertz CT molecular complexity index is 472. The van der Waals surface area contributed by atoms with Gasteiger partial charge in [-0.2, -0.15) is 12.6 Å². The molecule has 3 aliphatic rings. The summed E-state index contributed by atoms with van der Waals surface area (Å²) < 4.78 is 11.9. The quantitative estimate of drug-likeness (QED) is 0.724. The second-order valence-electron chi connectivity index (χ2n) is 5.66. The number of rotatable bonds is 1.